The molecule has 24 heteroatoms. The Bertz CT molecular complexity index is 1070. The quantitative estimate of drug-likeness (QED) is 0.303. The van der Waals surface area contributed by atoms with Gasteiger partial charge in [0.1, 0.15) is 11.2 Å². The van der Waals surface area contributed by atoms with Crippen LogP contribution in [0.4, 0.5) is 75.4 Å². The number of amides is 3. The lowest BCUT2D eigenvalue weighted by Crippen LogP contribution is -2.73. The van der Waals surface area contributed by atoms with E-state index in [0.717, 1.165) is 18.0 Å². The van der Waals surface area contributed by atoms with Crippen LogP contribution in [0.15, 0.2) is 0 Å². The molecule has 9 nitrogen and oxygen atoms in total. The lowest BCUT2D eigenvalue weighted by molar-refractivity contribution is -0.449. The Balaban J connectivity index is 0.000000892. The van der Waals surface area contributed by atoms with Crippen molar-refractivity contribution in [2.24, 2.45) is 5.73 Å². The summed E-state index contributed by atoms with van der Waals surface area (Å²) in [5.41, 5.74) is 5.15. The molecule has 0 aromatic heterocycles. The monoisotopic (exact) mass is 714 g/mol. The van der Waals surface area contributed by atoms with Gasteiger partial charge in [-0.1, -0.05) is 0 Å². The second-order valence-corrected chi connectivity index (χ2v) is 11.3. The summed E-state index contributed by atoms with van der Waals surface area (Å²) in [4.78, 5) is 34.4. The van der Waals surface area contributed by atoms with Crippen LogP contribution >= 0.6 is 0 Å². The second kappa shape index (κ2) is 13.2. The fourth-order valence-electron chi connectivity index (χ4n) is 2.83. The summed E-state index contributed by atoms with van der Waals surface area (Å²) in [5, 5.41) is 2.37. The smallest absolute Gasteiger partial charge is 0.442 e. The van der Waals surface area contributed by atoms with Gasteiger partial charge >= 0.3 is 53.9 Å². The maximum atomic E-state index is 12.9. The molecule has 3 amide bonds. The van der Waals surface area contributed by atoms with Crippen molar-refractivity contribution in [2.45, 2.75) is 107 Å². The van der Waals surface area contributed by atoms with Gasteiger partial charge in [0.25, 0.3) is 5.91 Å². The second-order valence-electron chi connectivity index (χ2n) is 11.3. The maximum absolute atomic E-state index is 12.9. The predicted octanol–water partition coefficient (Wildman–Crippen LogP) is 6.52. The number of hydrogen-bond acceptors (Lipinski definition) is 6. The van der Waals surface area contributed by atoms with E-state index in [0.29, 0.717) is 13.1 Å². The molecule has 46 heavy (non-hydrogen) atoms. The van der Waals surface area contributed by atoms with Gasteiger partial charge in [-0.05, 0) is 54.4 Å². The van der Waals surface area contributed by atoms with Crippen molar-refractivity contribution in [1.82, 2.24) is 15.6 Å². The Kier molecular flexibility index (Phi) is 12.3. The van der Waals surface area contributed by atoms with Crippen LogP contribution in [-0.4, -0.2) is 94.2 Å². The molecule has 0 aromatic carbocycles. The Morgan fingerprint density at radius 1 is 0.587 bits per heavy atom. The Morgan fingerprint density at radius 2 is 0.957 bits per heavy atom. The Hall–Kier alpha value is -3.08. The van der Waals surface area contributed by atoms with Crippen LogP contribution < -0.4 is 11.2 Å². The average molecular weight is 714 g/mol. The first kappa shape index (κ1) is 42.9. The third kappa shape index (κ3) is 8.63. The summed E-state index contributed by atoms with van der Waals surface area (Å²) in [6, 6.07) is 0. The van der Waals surface area contributed by atoms with E-state index in [9.17, 15) is 80.2 Å². The van der Waals surface area contributed by atoms with E-state index in [1.54, 1.807) is 41.5 Å². The van der Waals surface area contributed by atoms with Crippen molar-refractivity contribution in [3.63, 3.8) is 0 Å². The standard InChI is InChI=1S/C14H27N3O4.C8H2F15NO/c1-13(2,3)20-11(18)16-10-8-7-9-15-17(16)12(19)21-14(4,5)6;9-2(10,1(24)25)3(11,12)4(13,14)5(15,16)6(17,18)7(19,20)8(21,22)23/h15H,7-10H2,1-6H3;(H2,24,25). The fourth-order valence-corrected chi connectivity index (χ4v) is 2.83. The van der Waals surface area contributed by atoms with E-state index in [-0.39, 0.29) is 0 Å². The summed E-state index contributed by atoms with van der Waals surface area (Å²) in [5.74, 6) is -51.8. The van der Waals surface area contributed by atoms with Crippen LogP contribution in [-0.2, 0) is 14.3 Å². The molecule has 0 aliphatic carbocycles. The minimum atomic E-state index is -8.42. The Morgan fingerprint density at radius 3 is 1.33 bits per heavy atom. The minimum Gasteiger partial charge on any atom is -0.442 e. The number of ether oxygens (including phenoxy) is 2. The topological polar surface area (TPSA) is 114 Å². The van der Waals surface area contributed by atoms with E-state index >= 15 is 0 Å². The van der Waals surface area contributed by atoms with Gasteiger partial charge in [0.2, 0.25) is 0 Å². The van der Waals surface area contributed by atoms with E-state index in [2.05, 4.69) is 11.2 Å². The van der Waals surface area contributed by atoms with E-state index in [1.807, 2.05) is 0 Å². The molecular formula is C22H29F15N4O5. The molecule has 3 N–H and O–H groups in total. The van der Waals surface area contributed by atoms with Crippen LogP contribution in [0.25, 0.3) is 0 Å². The van der Waals surface area contributed by atoms with Crippen LogP contribution in [0, 0.1) is 0 Å². The number of nitrogens with zero attached hydrogens (tertiary/aromatic N) is 2. The van der Waals surface area contributed by atoms with Gasteiger partial charge in [-0.25, -0.2) is 15.0 Å². The van der Waals surface area contributed by atoms with Gasteiger partial charge in [0, 0.05) is 13.1 Å². The number of hydrazine groups is 2. The summed E-state index contributed by atoms with van der Waals surface area (Å²) < 4.78 is 198. The molecule has 1 rings (SSSR count). The molecule has 1 aliphatic rings. The van der Waals surface area contributed by atoms with Crippen molar-refractivity contribution in [3.8, 4) is 0 Å². The molecule has 1 aliphatic heterocycles. The molecule has 0 aromatic rings. The molecule has 1 fully saturated rings. The molecule has 0 saturated carbocycles. The highest BCUT2D eigenvalue weighted by Crippen LogP contribution is 2.62. The molecule has 0 bridgehead atoms. The van der Waals surface area contributed by atoms with Crippen molar-refractivity contribution in [1.29, 1.82) is 0 Å². The summed E-state index contributed by atoms with van der Waals surface area (Å²) in [6.45, 7) is 11.7. The lowest BCUT2D eigenvalue weighted by atomic mass is 9.91. The molecule has 0 unspecified atom stereocenters. The number of carbonyl (C=O) groups is 3. The highest BCUT2D eigenvalue weighted by atomic mass is 19.4. The van der Waals surface area contributed by atoms with Gasteiger partial charge in [0.05, 0.1) is 0 Å². The number of halogens is 15. The first-order valence-electron chi connectivity index (χ1n) is 12.3. The van der Waals surface area contributed by atoms with Gasteiger partial charge in [-0.3, -0.25) is 4.79 Å². The normalized spacial score (nSPS) is 16.6. The SMILES string of the molecule is CC(C)(C)OC(=O)N1CCCCNN1C(=O)OC(C)(C)C.NC(=O)C(F)(F)C(F)(F)C(F)(F)C(F)(F)C(F)(F)C(F)(F)C(F)(F)F. The zero-order chi connectivity index (χ0) is 37.3. The zero-order valence-electron chi connectivity index (χ0n) is 24.5. The number of carbonyl (C=O) groups excluding carboxylic acids is 3. The van der Waals surface area contributed by atoms with Crippen molar-refractivity contribution in [3.05, 3.63) is 0 Å². The lowest BCUT2D eigenvalue weighted by Gasteiger charge is -2.40. The van der Waals surface area contributed by atoms with Crippen LogP contribution in [0.1, 0.15) is 54.4 Å². The third-order valence-corrected chi connectivity index (χ3v) is 5.11. The van der Waals surface area contributed by atoms with Gasteiger partial charge in [-0.2, -0.15) is 70.9 Å². The number of alkyl halides is 15. The molecule has 1 heterocycles. The van der Waals surface area contributed by atoms with E-state index in [4.69, 9.17) is 9.47 Å². The molecule has 0 radical (unpaired) electrons. The molecular weight excluding hydrogens is 685 g/mol. The largest absolute Gasteiger partial charge is 0.460 e. The number of nitrogens with one attached hydrogen (secondary N) is 1. The van der Waals surface area contributed by atoms with Crippen LogP contribution in [0.3, 0.4) is 0 Å². The van der Waals surface area contributed by atoms with Crippen molar-refractivity contribution in [2.75, 3.05) is 13.1 Å². The predicted molar refractivity (Wildman–Crippen MR) is 123 cm³/mol. The summed E-state index contributed by atoms with van der Waals surface area (Å²) in [6.07, 6.45) is -7.21. The minimum absolute atomic E-state index is 0.404. The number of rotatable bonds is 6. The van der Waals surface area contributed by atoms with Crippen LogP contribution in [0.2, 0.25) is 0 Å². The summed E-state index contributed by atoms with van der Waals surface area (Å²) >= 11 is 0. The third-order valence-electron chi connectivity index (χ3n) is 5.11. The fraction of sp³-hybridized carbons (Fsp3) is 0.864. The number of primary amides is 1. The number of hydrogen-bond donors (Lipinski definition) is 2. The zero-order valence-corrected chi connectivity index (χ0v) is 24.5. The first-order valence-corrected chi connectivity index (χ1v) is 12.3. The van der Waals surface area contributed by atoms with E-state index < -0.39 is 71.0 Å². The maximum Gasteiger partial charge on any atom is 0.460 e. The van der Waals surface area contributed by atoms with Gasteiger partial charge in [0.15, 0.2) is 0 Å². The molecule has 272 valence electrons. The molecule has 0 spiro atoms. The molecule has 0 atom stereocenters. The molecule has 1 saturated heterocycles. The van der Waals surface area contributed by atoms with Crippen LogP contribution in [0.5, 0.6) is 0 Å². The average Bonchev–Trinajstić information content (AvgIpc) is 3.07. The van der Waals surface area contributed by atoms with Gasteiger partial charge in [-0.15, -0.1) is 5.12 Å². The van der Waals surface area contributed by atoms with Crippen molar-refractivity contribution < 1.29 is 89.7 Å². The summed E-state index contributed by atoms with van der Waals surface area (Å²) in [7, 11) is 0. The Labute approximate surface area is 250 Å². The highest BCUT2D eigenvalue weighted by molar-refractivity contribution is 5.83. The van der Waals surface area contributed by atoms with E-state index in [1.165, 1.54) is 5.01 Å². The highest BCUT2D eigenvalue weighted by Gasteiger charge is 2.94. The van der Waals surface area contributed by atoms with Gasteiger partial charge < -0.3 is 15.2 Å². The van der Waals surface area contributed by atoms with Crippen molar-refractivity contribution >= 4 is 18.1 Å². The number of nitrogens with two attached hydrogens (primary N) is 1. The first-order chi connectivity index (χ1) is 19.9.